The van der Waals surface area contributed by atoms with Gasteiger partial charge in [0, 0.05) is 37.1 Å². The van der Waals surface area contributed by atoms with Crippen molar-refractivity contribution >= 4 is 40.1 Å². The Morgan fingerprint density at radius 3 is 2.59 bits per heavy atom. The van der Waals surface area contributed by atoms with Gasteiger partial charge in [-0.3, -0.25) is 14.0 Å². The zero-order valence-corrected chi connectivity index (χ0v) is 17.5. The van der Waals surface area contributed by atoms with Crippen molar-refractivity contribution in [2.75, 3.05) is 18.0 Å². The second-order valence-corrected chi connectivity index (χ2v) is 8.30. The molecule has 5 rings (SSSR count). The van der Waals surface area contributed by atoms with Crippen LogP contribution in [0.2, 0.25) is 0 Å². The lowest BCUT2D eigenvalue weighted by Gasteiger charge is -2.40. The predicted octanol–water partition coefficient (Wildman–Crippen LogP) is 1.80. The number of carbonyl (C=O) groups is 2. The standard InChI is InChI=1S/C20H16N6O5S/c1-10-4-14(24-7-12(8-24)26-6-11(5-22-26)18(28)29)23-17-15(10)16(27)13(19(30)31)9-25(17)20-21-2-3-32-20/h2-6,9,12H,7-8H2,1H3,(H,28,29)(H,30,31). The van der Waals surface area contributed by atoms with Gasteiger partial charge in [-0.2, -0.15) is 5.10 Å². The second-order valence-electron chi connectivity index (χ2n) is 7.43. The first-order chi connectivity index (χ1) is 15.3. The fraction of sp³-hybridized carbons (Fsp3) is 0.200. The zero-order valence-electron chi connectivity index (χ0n) is 16.7. The highest BCUT2D eigenvalue weighted by atomic mass is 32.1. The number of anilines is 1. The van der Waals surface area contributed by atoms with Gasteiger partial charge < -0.3 is 15.1 Å². The van der Waals surface area contributed by atoms with E-state index in [-0.39, 0.29) is 22.6 Å². The molecule has 4 aromatic heterocycles. The minimum Gasteiger partial charge on any atom is -0.478 e. The molecule has 1 fully saturated rings. The molecule has 0 radical (unpaired) electrons. The number of carboxylic acid groups (broad SMARTS) is 2. The second kappa shape index (κ2) is 7.27. The summed E-state index contributed by atoms with van der Waals surface area (Å²) in [5.74, 6) is -1.71. The number of aryl methyl sites for hydroxylation is 1. The van der Waals surface area contributed by atoms with Crippen molar-refractivity contribution in [3.63, 3.8) is 0 Å². The van der Waals surface area contributed by atoms with Crippen molar-refractivity contribution in [3.8, 4) is 5.13 Å². The van der Waals surface area contributed by atoms with Crippen LogP contribution in [0.3, 0.4) is 0 Å². The van der Waals surface area contributed by atoms with Gasteiger partial charge >= 0.3 is 11.9 Å². The van der Waals surface area contributed by atoms with E-state index in [2.05, 4.69) is 15.1 Å². The van der Waals surface area contributed by atoms with Crippen LogP contribution in [-0.4, -0.2) is 59.6 Å². The van der Waals surface area contributed by atoms with E-state index in [9.17, 15) is 19.5 Å². The summed E-state index contributed by atoms with van der Waals surface area (Å²) in [5, 5.41) is 25.2. The Bertz CT molecular complexity index is 1430. The summed E-state index contributed by atoms with van der Waals surface area (Å²) in [6.45, 7) is 2.87. The monoisotopic (exact) mass is 452 g/mol. The lowest BCUT2D eigenvalue weighted by molar-refractivity contribution is 0.0685. The predicted molar refractivity (Wildman–Crippen MR) is 115 cm³/mol. The van der Waals surface area contributed by atoms with Crippen LogP contribution in [-0.2, 0) is 0 Å². The molecule has 12 heteroatoms. The van der Waals surface area contributed by atoms with Crippen molar-refractivity contribution in [1.29, 1.82) is 0 Å². The molecule has 0 spiro atoms. The van der Waals surface area contributed by atoms with Crippen LogP contribution in [0.5, 0.6) is 0 Å². The zero-order chi connectivity index (χ0) is 22.6. The van der Waals surface area contributed by atoms with Crippen LogP contribution in [0, 0.1) is 6.92 Å². The maximum Gasteiger partial charge on any atom is 0.341 e. The minimum atomic E-state index is -1.31. The largest absolute Gasteiger partial charge is 0.478 e. The molecule has 1 aliphatic rings. The summed E-state index contributed by atoms with van der Waals surface area (Å²) in [4.78, 5) is 46.5. The van der Waals surface area contributed by atoms with E-state index < -0.39 is 17.4 Å². The molecule has 11 nitrogen and oxygen atoms in total. The van der Waals surface area contributed by atoms with E-state index in [1.165, 1.54) is 34.5 Å². The number of hydrogen-bond acceptors (Lipinski definition) is 8. The summed E-state index contributed by atoms with van der Waals surface area (Å²) in [6, 6.07) is 1.75. The molecular weight excluding hydrogens is 436 g/mol. The average molecular weight is 452 g/mol. The van der Waals surface area contributed by atoms with Gasteiger partial charge in [0.2, 0.25) is 5.43 Å². The first kappa shape index (κ1) is 19.9. The van der Waals surface area contributed by atoms with Crippen LogP contribution in [0.1, 0.15) is 32.3 Å². The summed E-state index contributed by atoms with van der Waals surface area (Å²) in [7, 11) is 0. The maximum absolute atomic E-state index is 12.8. The Kier molecular flexibility index (Phi) is 4.51. The molecule has 2 N–H and O–H groups in total. The molecule has 5 heterocycles. The SMILES string of the molecule is Cc1cc(N2CC(n3cc(C(=O)O)cn3)C2)nc2c1c(=O)c(C(=O)O)cn2-c1nccs1. The van der Waals surface area contributed by atoms with Gasteiger partial charge in [-0.1, -0.05) is 0 Å². The molecular formula is C20H16N6O5S. The third kappa shape index (κ3) is 3.12. The molecule has 1 aliphatic heterocycles. The van der Waals surface area contributed by atoms with E-state index >= 15 is 0 Å². The third-order valence-corrected chi connectivity index (χ3v) is 6.18. The molecule has 4 aromatic rings. The van der Waals surface area contributed by atoms with Crippen molar-refractivity contribution in [1.82, 2.24) is 24.3 Å². The number of nitrogens with zero attached hydrogens (tertiary/aromatic N) is 6. The molecule has 32 heavy (non-hydrogen) atoms. The van der Waals surface area contributed by atoms with Gasteiger partial charge in [-0.25, -0.2) is 19.6 Å². The molecule has 0 atom stereocenters. The van der Waals surface area contributed by atoms with Crippen molar-refractivity contribution < 1.29 is 19.8 Å². The average Bonchev–Trinajstić information content (AvgIpc) is 3.39. The van der Waals surface area contributed by atoms with Gasteiger partial charge in [0.15, 0.2) is 10.8 Å². The molecule has 0 bridgehead atoms. The molecule has 0 aliphatic carbocycles. The molecule has 0 saturated carbocycles. The molecule has 0 amide bonds. The molecule has 1 saturated heterocycles. The highest BCUT2D eigenvalue weighted by molar-refractivity contribution is 7.12. The van der Waals surface area contributed by atoms with E-state index in [4.69, 9.17) is 5.11 Å². The van der Waals surface area contributed by atoms with Gasteiger partial charge in [0.1, 0.15) is 11.4 Å². The Hall–Kier alpha value is -4.06. The number of aromatic carboxylic acids is 2. The number of thiazole rings is 1. The summed E-state index contributed by atoms with van der Waals surface area (Å²) < 4.78 is 3.16. The lowest BCUT2D eigenvalue weighted by Crippen LogP contribution is -2.48. The normalized spacial score (nSPS) is 14.0. The summed E-state index contributed by atoms with van der Waals surface area (Å²) in [6.07, 6.45) is 5.67. The number of pyridine rings is 2. The lowest BCUT2D eigenvalue weighted by atomic mass is 10.1. The van der Waals surface area contributed by atoms with Gasteiger partial charge in [0.25, 0.3) is 0 Å². The van der Waals surface area contributed by atoms with Crippen LogP contribution in [0.25, 0.3) is 16.2 Å². The first-order valence-electron chi connectivity index (χ1n) is 9.56. The number of aromatic nitrogens is 5. The molecule has 162 valence electrons. The van der Waals surface area contributed by atoms with Crippen LogP contribution >= 0.6 is 11.3 Å². The van der Waals surface area contributed by atoms with E-state index in [0.717, 1.165) is 0 Å². The summed E-state index contributed by atoms with van der Waals surface area (Å²) >= 11 is 1.30. The highest BCUT2D eigenvalue weighted by Crippen LogP contribution is 2.30. The van der Waals surface area contributed by atoms with E-state index in [1.807, 2.05) is 4.90 Å². The fourth-order valence-corrected chi connectivity index (χ4v) is 4.35. The van der Waals surface area contributed by atoms with Crippen LogP contribution < -0.4 is 10.3 Å². The summed E-state index contributed by atoms with van der Waals surface area (Å²) in [5.41, 5.74) is 0.142. The number of fused-ring (bicyclic) bond motifs is 1. The third-order valence-electron chi connectivity index (χ3n) is 5.41. The van der Waals surface area contributed by atoms with E-state index in [0.29, 0.717) is 35.2 Å². The smallest absolute Gasteiger partial charge is 0.341 e. The van der Waals surface area contributed by atoms with Gasteiger partial charge in [0.05, 0.1) is 23.2 Å². The van der Waals surface area contributed by atoms with Crippen molar-refractivity contribution in [3.05, 3.63) is 63.1 Å². The quantitative estimate of drug-likeness (QED) is 0.463. The van der Waals surface area contributed by atoms with Crippen molar-refractivity contribution in [2.24, 2.45) is 0 Å². The Balaban J connectivity index is 1.55. The van der Waals surface area contributed by atoms with E-state index in [1.54, 1.807) is 29.2 Å². The molecule has 0 aromatic carbocycles. The van der Waals surface area contributed by atoms with Gasteiger partial charge in [-0.05, 0) is 18.6 Å². The van der Waals surface area contributed by atoms with Gasteiger partial charge in [-0.15, -0.1) is 11.3 Å². The van der Waals surface area contributed by atoms with Crippen LogP contribution in [0.15, 0.2) is 41.0 Å². The van der Waals surface area contributed by atoms with Crippen molar-refractivity contribution in [2.45, 2.75) is 13.0 Å². The highest BCUT2D eigenvalue weighted by Gasteiger charge is 2.31. The minimum absolute atomic E-state index is 0.00329. The van der Waals surface area contributed by atoms with Crippen LogP contribution in [0.4, 0.5) is 5.82 Å². The molecule has 0 unspecified atom stereocenters. The number of hydrogen-bond donors (Lipinski definition) is 2. The Morgan fingerprint density at radius 1 is 1.19 bits per heavy atom. The number of carboxylic acids is 2. The maximum atomic E-state index is 12.8. The fourth-order valence-electron chi connectivity index (χ4n) is 3.73. The number of rotatable bonds is 5. The Morgan fingerprint density at radius 2 is 1.97 bits per heavy atom. The Labute approximate surface area is 183 Å². The first-order valence-corrected chi connectivity index (χ1v) is 10.4. The topological polar surface area (TPSA) is 143 Å².